The van der Waals surface area contributed by atoms with Crippen LogP contribution in [0.3, 0.4) is 0 Å². The van der Waals surface area contributed by atoms with Gasteiger partial charge in [-0.3, -0.25) is 0 Å². The number of rotatable bonds is 22. The highest BCUT2D eigenvalue weighted by molar-refractivity contribution is 5.82. The second kappa shape index (κ2) is 20.8. The Morgan fingerprint density at radius 2 is 1.05 bits per heavy atom. The van der Waals surface area contributed by atoms with Crippen molar-refractivity contribution < 1.29 is 63.1 Å². The molecule has 218 valence electrons. The third-order valence-corrected chi connectivity index (χ3v) is 4.18. The summed E-state index contributed by atoms with van der Waals surface area (Å²) in [6, 6.07) is -1.53. The SMILES string of the molecule is CC(OC(=O)OCCCCO[N+](=O)[O-])C(NC(=O)OCCCCO[N+](=O)[O-])C(=O)OCCCCO[N+](=O)[O-]. The Balaban J connectivity index is 4.69. The fourth-order valence-corrected chi connectivity index (χ4v) is 2.40. The van der Waals surface area contributed by atoms with Crippen molar-refractivity contribution in [3.63, 3.8) is 0 Å². The normalized spacial score (nSPS) is 11.7. The van der Waals surface area contributed by atoms with Crippen molar-refractivity contribution >= 4 is 18.2 Å². The van der Waals surface area contributed by atoms with Gasteiger partial charge in [-0.15, -0.1) is 30.3 Å². The quantitative estimate of drug-likeness (QED) is 0.0641. The molecule has 38 heavy (non-hydrogen) atoms. The topological polar surface area (TPSA) is 257 Å². The van der Waals surface area contributed by atoms with Crippen LogP contribution in [0.4, 0.5) is 9.59 Å². The van der Waals surface area contributed by atoms with Gasteiger partial charge < -0.3 is 38.8 Å². The van der Waals surface area contributed by atoms with Crippen LogP contribution >= 0.6 is 0 Å². The number of carbonyl (C=O) groups is 3. The Hall–Kier alpha value is -4.39. The Morgan fingerprint density at radius 1 is 0.658 bits per heavy atom. The molecular weight excluding hydrogens is 528 g/mol. The number of hydrogen-bond donors (Lipinski definition) is 1. The van der Waals surface area contributed by atoms with E-state index < -0.39 is 45.6 Å². The van der Waals surface area contributed by atoms with Gasteiger partial charge in [0.1, 0.15) is 6.10 Å². The first-order chi connectivity index (χ1) is 18.0. The summed E-state index contributed by atoms with van der Waals surface area (Å²) in [6.45, 7) is 0.143. The highest BCUT2D eigenvalue weighted by Gasteiger charge is 2.32. The van der Waals surface area contributed by atoms with E-state index in [0.717, 1.165) is 0 Å². The van der Waals surface area contributed by atoms with Crippen molar-refractivity contribution in [3.8, 4) is 0 Å². The number of unbranched alkanes of at least 4 members (excludes halogenated alkanes) is 3. The van der Waals surface area contributed by atoms with E-state index in [1.165, 1.54) is 6.92 Å². The van der Waals surface area contributed by atoms with Crippen molar-refractivity contribution in [3.05, 3.63) is 30.3 Å². The Bertz CT molecular complexity index is 767. The van der Waals surface area contributed by atoms with Gasteiger partial charge in [0.2, 0.25) is 0 Å². The zero-order valence-electron chi connectivity index (χ0n) is 20.5. The van der Waals surface area contributed by atoms with Crippen LogP contribution in [0.5, 0.6) is 0 Å². The second-order valence-electron chi connectivity index (χ2n) is 7.14. The van der Waals surface area contributed by atoms with E-state index in [-0.39, 0.29) is 78.2 Å². The van der Waals surface area contributed by atoms with Crippen LogP contribution in [0.1, 0.15) is 45.4 Å². The minimum atomic E-state index is -1.53. The van der Waals surface area contributed by atoms with Crippen molar-refractivity contribution in [1.29, 1.82) is 0 Å². The summed E-state index contributed by atoms with van der Waals surface area (Å²) in [6.07, 6.45) is -2.31. The van der Waals surface area contributed by atoms with Gasteiger partial charge in [-0.25, -0.2) is 14.4 Å². The van der Waals surface area contributed by atoms with Crippen molar-refractivity contribution in [2.75, 3.05) is 39.6 Å². The van der Waals surface area contributed by atoms with Crippen LogP contribution in [0.25, 0.3) is 0 Å². The number of alkyl carbamates (subject to hydrolysis) is 1. The average molecular weight is 558 g/mol. The molecule has 0 radical (unpaired) electrons. The van der Waals surface area contributed by atoms with Gasteiger partial charge in [0.15, 0.2) is 6.04 Å². The van der Waals surface area contributed by atoms with E-state index in [1.807, 2.05) is 0 Å². The zero-order chi connectivity index (χ0) is 28.8. The molecule has 0 aliphatic carbocycles. The van der Waals surface area contributed by atoms with E-state index >= 15 is 0 Å². The highest BCUT2D eigenvalue weighted by atomic mass is 17.0. The minimum Gasteiger partial charge on any atom is -0.464 e. The largest absolute Gasteiger partial charge is 0.508 e. The molecule has 0 bridgehead atoms. The fourth-order valence-electron chi connectivity index (χ4n) is 2.40. The molecule has 0 aromatic heterocycles. The lowest BCUT2D eigenvalue weighted by Crippen LogP contribution is -2.50. The number of hydrogen-bond acceptors (Lipinski definition) is 16. The fraction of sp³-hybridized carbons (Fsp3) is 0.833. The van der Waals surface area contributed by atoms with Crippen LogP contribution in [-0.2, 0) is 38.3 Å². The van der Waals surface area contributed by atoms with Crippen molar-refractivity contribution in [2.45, 2.75) is 57.6 Å². The number of nitrogens with zero attached hydrogens (tertiary/aromatic N) is 3. The van der Waals surface area contributed by atoms with Crippen LogP contribution in [-0.4, -0.2) is 85.3 Å². The lowest BCUT2D eigenvalue weighted by molar-refractivity contribution is -0.757. The van der Waals surface area contributed by atoms with Gasteiger partial charge in [-0.05, 0) is 45.4 Å². The molecule has 20 heteroatoms. The maximum Gasteiger partial charge on any atom is 0.508 e. The van der Waals surface area contributed by atoms with Crippen LogP contribution < -0.4 is 5.32 Å². The number of amides is 1. The predicted octanol–water partition coefficient (Wildman–Crippen LogP) is 1.13. The first-order valence-corrected chi connectivity index (χ1v) is 11.3. The highest BCUT2D eigenvalue weighted by Crippen LogP contribution is 2.07. The Kier molecular flexibility index (Phi) is 18.4. The number of ether oxygens (including phenoxy) is 4. The molecule has 0 aromatic rings. The average Bonchev–Trinajstić information content (AvgIpc) is 2.83. The van der Waals surface area contributed by atoms with E-state index in [4.69, 9.17) is 18.9 Å². The third-order valence-electron chi connectivity index (χ3n) is 4.18. The van der Waals surface area contributed by atoms with Crippen molar-refractivity contribution in [2.24, 2.45) is 0 Å². The first-order valence-electron chi connectivity index (χ1n) is 11.3. The van der Waals surface area contributed by atoms with E-state index in [0.29, 0.717) is 0 Å². The molecular formula is C18H30N4O16. The smallest absolute Gasteiger partial charge is 0.464 e. The molecule has 0 saturated heterocycles. The summed E-state index contributed by atoms with van der Waals surface area (Å²) in [5.74, 6) is -1.01. The van der Waals surface area contributed by atoms with Gasteiger partial charge >= 0.3 is 18.2 Å². The Morgan fingerprint density at radius 3 is 1.50 bits per heavy atom. The van der Waals surface area contributed by atoms with Crippen LogP contribution in [0.2, 0.25) is 0 Å². The Labute approximate surface area is 215 Å². The lowest BCUT2D eigenvalue weighted by atomic mass is 10.2. The number of esters is 1. The molecule has 1 N–H and O–H groups in total. The zero-order valence-corrected chi connectivity index (χ0v) is 20.5. The second-order valence-corrected chi connectivity index (χ2v) is 7.14. The van der Waals surface area contributed by atoms with Gasteiger partial charge in [0, 0.05) is 0 Å². The molecule has 0 saturated carbocycles. The van der Waals surface area contributed by atoms with E-state index in [1.54, 1.807) is 0 Å². The molecule has 2 unspecified atom stereocenters. The molecule has 2 atom stereocenters. The predicted molar refractivity (Wildman–Crippen MR) is 118 cm³/mol. The third kappa shape index (κ3) is 19.9. The monoisotopic (exact) mass is 558 g/mol. The maximum atomic E-state index is 12.5. The van der Waals surface area contributed by atoms with Gasteiger partial charge in [-0.2, -0.15) is 0 Å². The molecule has 1 amide bonds. The summed E-state index contributed by atoms with van der Waals surface area (Å²) in [5, 5.41) is 29.6. The van der Waals surface area contributed by atoms with Crippen LogP contribution in [0, 0.1) is 30.3 Å². The van der Waals surface area contributed by atoms with Crippen molar-refractivity contribution in [1.82, 2.24) is 5.32 Å². The van der Waals surface area contributed by atoms with Gasteiger partial charge in [-0.1, -0.05) is 0 Å². The maximum absolute atomic E-state index is 12.5. The molecule has 20 nitrogen and oxygen atoms in total. The number of nitrogens with one attached hydrogen (secondary N) is 1. The summed E-state index contributed by atoms with van der Waals surface area (Å²) in [5.41, 5.74) is 0. The molecule has 0 rings (SSSR count). The summed E-state index contributed by atoms with van der Waals surface area (Å²) in [7, 11) is 0. The molecule has 0 aliphatic heterocycles. The van der Waals surface area contributed by atoms with Crippen LogP contribution in [0.15, 0.2) is 0 Å². The molecule has 0 heterocycles. The standard InChI is InChI=1S/C18H30N4O16/c1-14(38-18(25)34-10-4-7-13-37-22(30)31)15(16(23)32-8-2-5-11-35-20(26)27)19-17(24)33-9-3-6-12-36-21(28)29/h14-15H,2-13H2,1H3,(H,19,24). The minimum absolute atomic E-state index is 0.163. The van der Waals surface area contributed by atoms with Gasteiger partial charge in [0.25, 0.3) is 15.3 Å². The molecule has 0 aliphatic rings. The molecule has 0 fully saturated rings. The first kappa shape index (κ1) is 33.6. The lowest BCUT2D eigenvalue weighted by Gasteiger charge is -2.23. The summed E-state index contributed by atoms with van der Waals surface area (Å²) < 4.78 is 19.7. The van der Waals surface area contributed by atoms with E-state index in [9.17, 15) is 44.7 Å². The summed E-state index contributed by atoms with van der Waals surface area (Å²) in [4.78, 5) is 79.1. The molecule has 0 spiro atoms. The van der Waals surface area contributed by atoms with Gasteiger partial charge in [0.05, 0.1) is 39.6 Å². The summed E-state index contributed by atoms with van der Waals surface area (Å²) >= 11 is 0. The van der Waals surface area contributed by atoms with E-state index in [2.05, 4.69) is 19.8 Å². The molecule has 0 aromatic carbocycles. The number of carbonyl (C=O) groups excluding carboxylic acids is 3.